The first kappa shape index (κ1) is 16.2. The van der Waals surface area contributed by atoms with Gasteiger partial charge in [-0.25, -0.2) is 4.39 Å². The molecule has 2 rings (SSSR count). The third-order valence-corrected chi connectivity index (χ3v) is 3.96. The Morgan fingerprint density at radius 2 is 1.77 bits per heavy atom. The van der Waals surface area contributed by atoms with Crippen molar-refractivity contribution >= 4 is 5.91 Å². The molecule has 116 valence electrons. The highest BCUT2D eigenvalue weighted by Crippen LogP contribution is 2.14. The van der Waals surface area contributed by atoms with E-state index >= 15 is 0 Å². The van der Waals surface area contributed by atoms with E-state index in [4.69, 9.17) is 0 Å². The van der Waals surface area contributed by atoms with Crippen molar-refractivity contribution < 1.29 is 9.18 Å². The van der Waals surface area contributed by atoms with Crippen LogP contribution in [0.2, 0.25) is 0 Å². The molecule has 2 nitrogen and oxygen atoms in total. The van der Waals surface area contributed by atoms with Crippen LogP contribution in [-0.4, -0.2) is 5.91 Å². The summed E-state index contributed by atoms with van der Waals surface area (Å²) in [5.41, 5.74) is 4.59. The number of hydrogen-bond acceptors (Lipinski definition) is 1. The Hall–Kier alpha value is -2.16. The van der Waals surface area contributed by atoms with E-state index in [9.17, 15) is 9.18 Å². The molecule has 0 saturated carbocycles. The van der Waals surface area contributed by atoms with Gasteiger partial charge in [0, 0.05) is 6.42 Å². The number of amides is 1. The van der Waals surface area contributed by atoms with Crippen LogP contribution in [0.5, 0.6) is 0 Å². The standard InChI is InChI=1S/C19H22FNO/c1-13-4-5-16(12-14(13)2)6-11-19(22)21-15(3)17-7-9-18(20)10-8-17/h4-5,7-10,12,15H,6,11H2,1-3H3,(H,21,22)/t15-/m0/s1. The molecule has 0 bridgehead atoms. The van der Waals surface area contributed by atoms with E-state index in [1.165, 1.54) is 28.8 Å². The van der Waals surface area contributed by atoms with E-state index in [1.807, 2.05) is 6.92 Å². The molecule has 0 radical (unpaired) electrons. The maximum absolute atomic E-state index is 12.9. The van der Waals surface area contributed by atoms with Gasteiger partial charge in [0.1, 0.15) is 5.82 Å². The number of rotatable bonds is 5. The Balaban J connectivity index is 1.87. The molecule has 1 amide bonds. The summed E-state index contributed by atoms with van der Waals surface area (Å²) in [4.78, 5) is 12.0. The lowest BCUT2D eigenvalue weighted by atomic mass is 10.0. The van der Waals surface area contributed by atoms with Gasteiger partial charge in [-0.15, -0.1) is 0 Å². The van der Waals surface area contributed by atoms with Gasteiger partial charge in [0.25, 0.3) is 0 Å². The fourth-order valence-corrected chi connectivity index (χ4v) is 2.37. The van der Waals surface area contributed by atoms with Crippen molar-refractivity contribution in [3.8, 4) is 0 Å². The smallest absolute Gasteiger partial charge is 0.220 e. The number of nitrogens with one attached hydrogen (secondary N) is 1. The molecular weight excluding hydrogens is 277 g/mol. The molecule has 0 saturated heterocycles. The maximum atomic E-state index is 12.9. The van der Waals surface area contributed by atoms with Crippen LogP contribution in [0.15, 0.2) is 42.5 Å². The lowest BCUT2D eigenvalue weighted by Crippen LogP contribution is -2.26. The van der Waals surface area contributed by atoms with Gasteiger partial charge >= 0.3 is 0 Å². The zero-order chi connectivity index (χ0) is 16.1. The molecule has 0 aliphatic heterocycles. The van der Waals surface area contributed by atoms with E-state index in [1.54, 1.807) is 12.1 Å². The molecule has 0 unspecified atom stereocenters. The number of benzene rings is 2. The first-order chi connectivity index (χ1) is 10.5. The number of hydrogen-bond donors (Lipinski definition) is 1. The Kier molecular flexibility index (Phi) is 5.31. The van der Waals surface area contributed by atoms with Crippen LogP contribution in [-0.2, 0) is 11.2 Å². The van der Waals surface area contributed by atoms with Crippen LogP contribution in [0.4, 0.5) is 4.39 Å². The highest BCUT2D eigenvalue weighted by atomic mass is 19.1. The largest absolute Gasteiger partial charge is 0.350 e. The molecule has 0 aromatic heterocycles. The monoisotopic (exact) mass is 299 g/mol. The number of carbonyl (C=O) groups is 1. The molecule has 0 aliphatic rings. The normalized spacial score (nSPS) is 12.0. The molecule has 0 fully saturated rings. The van der Waals surface area contributed by atoms with Crippen LogP contribution in [0.1, 0.15) is 41.6 Å². The van der Waals surface area contributed by atoms with Gasteiger partial charge in [-0.2, -0.15) is 0 Å². The van der Waals surface area contributed by atoms with E-state index < -0.39 is 0 Å². The highest BCUT2D eigenvalue weighted by molar-refractivity contribution is 5.76. The molecule has 3 heteroatoms. The van der Waals surface area contributed by atoms with Gasteiger partial charge < -0.3 is 5.32 Å². The molecule has 1 atom stereocenters. The van der Waals surface area contributed by atoms with Gasteiger partial charge in [-0.1, -0.05) is 30.3 Å². The molecule has 0 aliphatic carbocycles. The minimum absolute atomic E-state index is 0.00931. The number of carbonyl (C=O) groups excluding carboxylic acids is 1. The van der Waals surface area contributed by atoms with Gasteiger partial charge in [0.2, 0.25) is 5.91 Å². The van der Waals surface area contributed by atoms with Crippen LogP contribution < -0.4 is 5.32 Å². The summed E-state index contributed by atoms with van der Waals surface area (Å²) in [6.45, 7) is 6.06. The highest BCUT2D eigenvalue weighted by Gasteiger charge is 2.10. The Morgan fingerprint density at radius 1 is 1.09 bits per heavy atom. The quantitative estimate of drug-likeness (QED) is 0.878. The van der Waals surface area contributed by atoms with Crippen molar-refractivity contribution in [1.29, 1.82) is 0 Å². The lowest BCUT2D eigenvalue weighted by Gasteiger charge is -2.14. The van der Waals surface area contributed by atoms with Crippen LogP contribution in [0, 0.1) is 19.7 Å². The second kappa shape index (κ2) is 7.21. The number of halogens is 1. The van der Waals surface area contributed by atoms with Crippen LogP contribution in [0.25, 0.3) is 0 Å². The summed E-state index contributed by atoms with van der Waals surface area (Å²) in [6.07, 6.45) is 1.18. The van der Waals surface area contributed by atoms with E-state index in [0.29, 0.717) is 6.42 Å². The summed E-state index contributed by atoms with van der Waals surface area (Å²) in [5, 5.41) is 2.95. The zero-order valence-corrected chi connectivity index (χ0v) is 13.3. The lowest BCUT2D eigenvalue weighted by molar-refractivity contribution is -0.121. The molecule has 0 heterocycles. The fourth-order valence-electron chi connectivity index (χ4n) is 2.37. The third kappa shape index (κ3) is 4.42. The van der Waals surface area contributed by atoms with Crippen molar-refractivity contribution in [2.45, 2.75) is 39.7 Å². The third-order valence-electron chi connectivity index (χ3n) is 3.96. The van der Waals surface area contributed by atoms with Crippen molar-refractivity contribution in [3.05, 3.63) is 70.5 Å². The molecule has 2 aromatic carbocycles. The zero-order valence-electron chi connectivity index (χ0n) is 13.3. The van der Waals surface area contributed by atoms with Crippen LogP contribution >= 0.6 is 0 Å². The Labute approximate surface area is 131 Å². The van der Waals surface area contributed by atoms with E-state index in [0.717, 1.165) is 12.0 Å². The minimum Gasteiger partial charge on any atom is -0.350 e. The average Bonchev–Trinajstić information content (AvgIpc) is 2.49. The van der Waals surface area contributed by atoms with Crippen molar-refractivity contribution in [1.82, 2.24) is 5.32 Å². The average molecular weight is 299 g/mol. The maximum Gasteiger partial charge on any atom is 0.220 e. The fraction of sp³-hybridized carbons (Fsp3) is 0.316. The predicted molar refractivity (Wildman–Crippen MR) is 87.2 cm³/mol. The van der Waals surface area contributed by atoms with Gasteiger partial charge in [0.05, 0.1) is 6.04 Å². The Bertz CT molecular complexity index is 649. The molecule has 22 heavy (non-hydrogen) atoms. The van der Waals surface area contributed by atoms with Crippen molar-refractivity contribution in [2.24, 2.45) is 0 Å². The van der Waals surface area contributed by atoms with Crippen LogP contribution in [0.3, 0.4) is 0 Å². The van der Waals surface area contributed by atoms with Gasteiger partial charge in [0.15, 0.2) is 0 Å². The summed E-state index contributed by atoms with van der Waals surface area (Å²) >= 11 is 0. The predicted octanol–water partition coefficient (Wildman–Crippen LogP) is 4.25. The summed E-state index contributed by atoms with van der Waals surface area (Å²) in [6, 6.07) is 12.4. The second-order valence-corrected chi connectivity index (χ2v) is 5.76. The first-order valence-electron chi connectivity index (χ1n) is 7.56. The van der Waals surface area contributed by atoms with Gasteiger partial charge in [-0.05, 0) is 61.6 Å². The summed E-state index contributed by atoms with van der Waals surface area (Å²) in [5.74, 6) is -0.257. The van der Waals surface area contributed by atoms with Crippen molar-refractivity contribution in [2.75, 3.05) is 0 Å². The molecule has 0 spiro atoms. The summed E-state index contributed by atoms with van der Waals surface area (Å²) in [7, 11) is 0. The molecular formula is C19H22FNO. The summed E-state index contributed by atoms with van der Waals surface area (Å²) < 4.78 is 12.9. The minimum atomic E-state index is -0.267. The van der Waals surface area contributed by atoms with Gasteiger partial charge in [-0.3, -0.25) is 4.79 Å². The van der Waals surface area contributed by atoms with Crippen molar-refractivity contribution in [3.63, 3.8) is 0 Å². The SMILES string of the molecule is Cc1ccc(CCC(=O)N[C@@H](C)c2ccc(F)cc2)cc1C. The second-order valence-electron chi connectivity index (χ2n) is 5.76. The number of aryl methyl sites for hydroxylation is 3. The molecule has 1 N–H and O–H groups in total. The first-order valence-corrected chi connectivity index (χ1v) is 7.56. The molecule has 2 aromatic rings. The van der Waals surface area contributed by atoms with E-state index in [-0.39, 0.29) is 17.8 Å². The Morgan fingerprint density at radius 3 is 2.41 bits per heavy atom. The van der Waals surface area contributed by atoms with E-state index in [2.05, 4.69) is 37.4 Å². The topological polar surface area (TPSA) is 29.1 Å².